The molecule has 2 aromatic carbocycles. The quantitative estimate of drug-likeness (QED) is 0.861. The Morgan fingerprint density at radius 1 is 1.09 bits per heavy atom. The molecule has 0 fully saturated rings. The third-order valence-electron chi connectivity index (χ3n) is 3.36. The summed E-state index contributed by atoms with van der Waals surface area (Å²) in [5.41, 5.74) is 3.22. The maximum atomic E-state index is 12.1. The molecule has 0 atom stereocenters. The fourth-order valence-electron chi connectivity index (χ4n) is 2.21. The van der Waals surface area contributed by atoms with Crippen LogP contribution < -0.4 is 10.1 Å². The first-order chi connectivity index (χ1) is 10.5. The molecule has 0 bridgehead atoms. The number of nitrogens with one attached hydrogen (secondary N) is 1. The van der Waals surface area contributed by atoms with Gasteiger partial charge in [-0.25, -0.2) is 0 Å². The second kappa shape index (κ2) is 6.89. The Labute approximate surface area is 130 Å². The molecule has 0 radical (unpaired) electrons. The fraction of sp³-hybridized carbons (Fsp3) is 0.222. The number of Topliss-reactive ketones (excluding diaryl/α,β-unsaturated/α-hetero) is 1. The Morgan fingerprint density at radius 2 is 1.77 bits per heavy atom. The molecule has 2 rings (SSSR count). The van der Waals surface area contributed by atoms with Gasteiger partial charge in [0.05, 0.1) is 13.5 Å². The molecule has 0 spiro atoms. The lowest BCUT2D eigenvalue weighted by atomic mass is 10.1. The van der Waals surface area contributed by atoms with Gasteiger partial charge >= 0.3 is 0 Å². The summed E-state index contributed by atoms with van der Waals surface area (Å²) in [6, 6.07) is 12.6. The van der Waals surface area contributed by atoms with Crippen LogP contribution in [0.5, 0.6) is 5.75 Å². The van der Waals surface area contributed by atoms with Crippen molar-refractivity contribution in [2.45, 2.75) is 20.3 Å². The van der Waals surface area contributed by atoms with E-state index in [4.69, 9.17) is 4.74 Å². The van der Waals surface area contributed by atoms with E-state index < -0.39 is 0 Å². The molecule has 0 aliphatic heterocycles. The zero-order valence-corrected chi connectivity index (χ0v) is 13.0. The lowest BCUT2D eigenvalue weighted by molar-refractivity contribution is -0.115. The minimum Gasteiger partial charge on any atom is -0.496 e. The predicted molar refractivity (Wildman–Crippen MR) is 86.5 cm³/mol. The van der Waals surface area contributed by atoms with Crippen LogP contribution in [0.2, 0.25) is 0 Å². The van der Waals surface area contributed by atoms with Gasteiger partial charge in [-0.05, 0) is 44.2 Å². The largest absolute Gasteiger partial charge is 0.496 e. The van der Waals surface area contributed by atoms with Gasteiger partial charge in [0.25, 0.3) is 0 Å². The fourth-order valence-corrected chi connectivity index (χ4v) is 2.21. The molecule has 22 heavy (non-hydrogen) atoms. The van der Waals surface area contributed by atoms with E-state index in [-0.39, 0.29) is 18.1 Å². The van der Waals surface area contributed by atoms with Crippen LogP contribution in [-0.4, -0.2) is 18.8 Å². The van der Waals surface area contributed by atoms with Crippen LogP contribution in [0.3, 0.4) is 0 Å². The number of aryl methyl sites for hydroxylation is 1. The van der Waals surface area contributed by atoms with E-state index in [1.54, 1.807) is 31.4 Å². The van der Waals surface area contributed by atoms with Gasteiger partial charge in [0.1, 0.15) is 5.75 Å². The number of ether oxygens (including phenoxy) is 1. The highest BCUT2D eigenvalue weighted by molar-refractivity contribution is 5.96. The van der Waals surface area contributed by atoms with Gasteiger partial charge in [-0.2, -0.15) is 0 Å². The summed E-state index contributed by atoms with van der Waals surface area (Å²) in [5, 5.41) is 2.82. The van der Waals surface area contributed by atoms with Crippen LogP contribution in [0.1, 0.15) is 28.4 Å². The second-order valence-corrected chi connectivity index (χ2v) is 5.17. The number of benzene rings is 2. The number of ketones is 1. The van der Waals surface area contributed by atoms with E-state index in [1.165, 1.54) is 6.92 Å². The summed E-state index contributed by atoms with van der Waals surface area (Å²) in [4.78, 5) is 23.4. The molecule has 114 valence electrons. The molecule has 1 N–H and O–H groups in total. The molecule has 0 aliphatic carbocycles. The third-order valence-corrected chi connectivity index (χ3v) is 3.36. The highest BCUT2D eigenvalue weighted by atomic mass is 16.5. The van der Waals surface area contributed by atoms with Gasteiger partial charge in [0, 0.05) is 16.8 Å². The van der Waals surface area contributed by atoms with Crippen molar-refractivity contribution in [1.29, 1.82) is 0 Å². The zero-order valence-electron chi connectivity index (χ0n) is 13.0. The number of methoxy groups -OCH3 is 1. The van der Waals surface area contributed by atoms with Crippen molar-refractivity contribution in [2.75, 3.05) is 12.4 Å². The third kappa shape index (κ3) is 3.95. The van der Waals surface area contributed by atoms with Crippen LogP contribution in [0.15, 0.2) is 42.5 Å². The first kappa shape index (κ1) is 15.8. The number of rotatable bonds is 5. The maximum Gasteiger partial charge on any atom is 0.228 e. The summed E-state index contributed by atoms with van der Waals surface area (Å²) in [6.45, 7) is 3.49. The van der Waals surface area contributed by atoms with Gasteiger partial charge in [-0.15, -0.1) is 0 Å². The molecule has 0 saturated heterocycles. The molecule has 0 aromatic heterocycles. The minimum absolute atomic E-state index is 0.00220. The summed E-state index contributed by atoms with van der Waals surface area (Å²) < 4.78 is 5.28. The van der Waals surface area contributed by atoms with Gasteiger partial charge in [-0.3, -0.25) is 9.59 Å². The molecule has 0 unspecified atom stereocenters. The van der Waals surface area contributed by atoms with E-state index in [1.807, 2.05) is 25.1 Å². The average Bonchev–Trinajstić information content (AvgIpc) is 2.48. The zero-order chi connectivity index (χ0) is 16.1. The van der Waals surface area contributed by atoms with Crippen LogP contribution in [0.4, 0.5) is 5.69 Å². The molecular weight excluding hydrogens is 278 g/mol. The first-order valence-electron chi connectivity index (χ1n) is 7.04. The smallest absolute Gasteiger partial charge is 0.228 e. The van der Waals surface area contributed by atoms with Crippen molar-refractivity contribution in [3.8, 4) is 5.75 Å². The van der Waals surface area contributed by atoms with Crippen molar-refractivity contribution in [3.05, 3.63) is 59.2 Å². The van der Waals surface area contributed by atoms with Gasteiger partial charge in [-0.1, -0.05) is 17.7 Å². The molecular formula is C18H19NO3. The molecule has 2 aromatic rings. The van der Waals surface area contributed by atoms with Crippen LogP contribution in [-0.2, 0) is 11.2 Å². The molecule has 0 saturated carbocycles. The van der Waals surface area contributed by atoms with Crippen molar-refractivity contribution in [1.82, 2.24) is 0 Å². The van der Waals surface area contributed by atoms with E-state index in [9.17, 15) is 9.59 Å². The molecule has 0 aliphatic rings. The lowest BCUT2D eigenvalue weighted by Gasteiger charge is -2.10. The number of hydrogen-bond acceptors (Lipinski definition) is 3. The molecule has 4 nitrogen and oxygen atoms in total. The summed E-state index contributed by atoms with van der Waals surface area (Å²) in [6.07, 6.45) is 0.235. The summed E-state index contributed by atoms with van der Waals surface area (Å²) >= 11 is 0. The molecule has 4 heteroatoms. The number of amides is 1. The summed E-state index contributed by atoms with van der Waals surface area (Å²) in [7, 11) is 1.59. The number of anilines is 1. The highest BCUT2D eigenvalue weighted by Crippen LogP contribution is 2.20. The maximum absolute atomic E-state index is 12.1. The number of hydrogen-bond donors (Lipinski definition) is 1. The second-order valence-electron chi connectivity index (χ2n) is 5.17. The Bertz CT molecular complexity index is 690. The normalized spacial score (nSPS) is 10.1. The Balaban J connectivity index is 2.07. The topological polar surface area (TPSA) is 55.4 Å². The van der Waals surface area contributed by atoms with Gasteiger partial charge in [0.15, 0.2) is 5.78 Å². The van der Waals surface area contributed by atoms with Crippen LogP contribution in [0.25, 0.3) is 0 Å². The molecule has 1 amide bonds. The Hall–Kier alpha value is -2.62. The van der Waals surface area contributed by atoms with E-state index in [2.05, 4.69) is 5.32 Å². The van der Waals surface area contributed by atoms with E-state index >= 15 is 0 Å². The number of carbonyl (C=O) groups excluding carboxylic acids is 2. The Kier molecular flexibility index (Phi) is 4.94. The average molecular weight is 297 g/mol. The van der Waals surface area contributed by atoms with Crippen molar-refractivity contribution < 1.29 is 14.3 Å². The highest BCUT2D eigenvalue weighted by Gasteiger charge is 2.09. The summed E-state index contributed by atoms with van der Waals surface area (Å²) in [5.74, 6) is 0.578. The Morgan fingerprint density at radius 3 is 2.36 bits per heavy atom. The van der Waals surface area contributed by atoms with Crippen molar-refractivity contribution in [3.63, 3.8) is 0 Å². The minimum atomic E-state index is -0.125. The lowest BCUT2D eigenvalue weighted by Crippen LogP contribution is -2.15. The van der Waals surface area contributed by atoms with Crippen LogP contribution >= 0.6 is 0 Å². The van der Waals surface area contributed by atoms with E-state index in [0.717, 1.165) is 11.1 Å². The standard InChI is InChI=1S/C18H19NO3/c1-12-4-9-17(22-3)15(10-12)11-18(21)19-16-7-5-14(6-8-16)13(2)20/h4-10H,11H2,1-3H3,(H,19,21). The monoisotopic (exact) mass is 297 g/mol. The van der Waals surface area contributed by atoms with Crippen LogP contribution in [0, 0.1) is 6.92 Å². The van der Waals surface area contributed by atoms with Gasteiger partial charge in [0.2, 0.25) is 5.91 Å². The molecule has 0 heterocycles. The van der Waals surface area contributed by atoms with Gasteiger partial charge < -0.3 is 10.1 Å². The van der Waals surface area contributed by atoms with Crippen molar-refractivity contribution in [2.24, 2.45) is 0 Å². The van der Waals surface area contributed by atoms with E-state index in [0.29, 0.717) is 17.0 Å². The predicted octanol–water partition coefficient (Wildman–Crippen LogP) is 3.39. The van der Waals surface area contributed by atoms with Crippen molar-refractivity contribution >= 4 is 17.4 Å². The first-order valence-corrected chi connectivity index (χ1v) is 7.04. The number of carbonyl (C=O) groups is 2. The SMILES string of the molecule is COc1ccc(C)cc1CC(=O)Nc1ccc(C(C)=O)cc1.